The van der Waals surface area contributed by atoms with E-state index < -0.39 is 52.9 Å². The number of hydrogen-bond donors (Lipinski definition) is 4. The third-order valence-corrected chi connectivity index (χ3v) is 14.0. The fourth-order valence-corrected chi connectivity index (χ4v) is 10.6. The standard InChI is InChI=1S/C56H56ClN3O7S/c1-4-31-66-51(62)34-50(61)52(37(2)3)60-54(64)49(36-68-56(39-20-8-5-9-21-39,40-22-10-6-11-23-40)41-24-12-7-13-25-41)58-53(63)48(33-38-19-18-26-42(57)32-38)59-55(65)67-35-47-45-29-16-14-27-43(45)44-28-15-17-30-46(44)47/h4-30,32,37,47-50,52,61H,1,31,33-36H2,2-3H3,(H,58,63)(H,59,65)(H,60,64)/t48?,49?,50-,52+/m0/s1. The predicted octanol–water partition coefficient (Wildman–Crippen LogP) is 9.62. The van der Waals surface area contributed by atoms with E-state index in [2.05, 4.69) is 34.7 Å². The normalized spacial score (nSPS) is 13.8. The van der Waals surface area contributed by atoms with Crippen molar-refractivity contribution in [1.29, 1.82) is 0 Å². The van der Waals surface area contributed by atoms with E-state index in [0.29, 0.717) is 10.6 Å². The van der Waals surface area contributed by atoms with Crippen LogP contribution in [0.3, 0.4) is 0 Å². The number of halogens is 1. The average molecular weight is 951 g/mol. The number of ether oxygens (including phenoxy) is 2. The summed E-state index contributed by atoms with van der Waals surface area (Å²) in [6.45, 7) is 7.20. The van der Waals surface area contributed by atoms with Gasteiger partial charge in [0.25, 0.3) is 0 Å². The highest BCUT2D eigenvalue weighted by molar-refractivity contribution is 8.00. The largest absolute Gasteiger partial charge is 0.461 e. The van der Waals surface area contributed by atoms with Crippen molar-refractivity contribution in [3.8, 4) is 11.1 Å². The van der Waals surface area contributed by atoms with E-state index in [1.54, 1.807) is 24.3 Å². The van der Waals surface area contributed by atoms with Crippen molar-refractivity contribution in [2.24, 2.45) is 5.92 Å². The fraction of sp³-hybridized carbons (Fsp3) is 0.250. The number of hydrogen-bond acceptors (Lipinski definition) is 8. The molecule has 0 heterocycles. The van der Waals surface area contributed by atoms with Gasteiger partial charge in [-0.3, -0.25) is 14.4 Å². The Morgan fingerprint density at radius 2 is 1.22 bits per heavy atom. The van der Waals surface area contributed by atoms with Crippen LogP contribution >= 0.6 is 23.4 Å². The number of rotatable bonds is 21. The van der Waals surface area contributed by atoms with Crippen LogP contribution in [-0.4, -0.2) is 72.2 Å². The third kappa shape index (κ3) is 11.9. The molecular formula is C56H56ClN3O7S. The first-order valence-corrected chi connectivity index (χ1v) is 24.1. The topological polar surface area (TPSA) is 143 Å². The predicted molar refractivity (Wildman–Crippen MR) is 269 cm³/mol. The number of thioether (sulfide) groups is 1. The van der Waals surface area contributed by atoms with E-state index >= 15 is 0 Å². The van der Waals surface area contributed by atoms with Crippen LogP contribution < -0.4 is 16.0 Å². The molecule has 0 aromatic heterocycles. The molecule has 3 amide bonds. The molecular weight excluding hydrogens is 894 g/mol. The number of benzene rings is 6. The lowest BCUT2D eigenvalue weighted by Gasteiger charge is -2.37. The summed E-state index contributed by atoms with van der Waals surface area (Å²) in [6.07, 6.45) is -1.07. The Morgan fingerprint density at radius 3 is 1.75 bits per heavy atom. The first-order valence-electron chi connectivity index (χ1n) is 22.7. The lowest BCUT2D eigenvalue weighted by atomic mass is 9.84. The summed E-state index contributed by atoms with van der Waals surface area (Å²) in [6, 6.07) is 49.5. The summed E-state index contributed by atoms with van der Waals surface area (Å²) < 4.78 is 10.2. The van der Waals surface area contributed by atoms with Gasteiger partial charge < -0.3 is 30.5 Å². The molecule has 4 atom stereocenters. The molecule has 1 aliphatic rings. The van der Waals surface area contributed by atoms with Crippen LogP contribution in [0.2, 0.25) is 5.02 Å². The second kappa shape index (κ2) is 23.4. The maximum Gasteiger partial charge on any atom is 0.407 e. The molecule has 4 N–H and O–H groups in total. The molecule has 0 aliphatic heterocycles. The highest BCUT2D eigenvalue weighted by Crippen LogP contribution is 2.49. The van der Waals surface area contributed by atoms with Crippen LogP contribution in [0.15, 0.2) is 176 Å². The number of fused-ring (bicyclic) bond motifs is 3. The summed E-state index contributed by atoms with van der Waals surface area (Å²) in [5, 5.41) is 20.6. The number of esters is 1. The Labute approximate surface area is 407 Å². The molecule has 1 aliphatic carbocycles. The van der Waals surface area contributed by atoms with Gasteiger partial charge in [-0.1, -0.05) is 190 Å². The first-order chi connectivity index (χ1) is 33.0. The zero-order chi connectivity index (χ0) is 48.0. The molecule has 0 saturated heterocycles. The van der Waals surface area contributed by atoms with Crippen LogP contribution in [0.4, 0.5) is 4.79 Å². The van der Waals surface area contributed by atoms with E-state index in [1.807, 2.05) is 141 Å². The Bertz CT molecular complexity index is 2530. The first kappa shape index (κ1) is 49.3. The van der Waals surface area contributed by atoms with Gasteiger partial charge in [0.15, 0.2) is 0 Å². The molecule has 350 valence electrons. The van der Waals surface area contributed by atoms with Crippen molar-refractivity contribution in [3.63, 3.8) is 0 Å². The molecule has 0 spiro atoms. The van der Waals surface area contributed by atoms with Crippen LogP contribution in [0, 0.1) is 5.92 Å². The number of aliphatic hydroxyl groups excluding tert-OH is 1. The Hall–Kier alpha value is -6.66. The molecule has 0 bridgehead atoms. The van der Waals surface area contributed by atoms with Crippen molar-refractivity contribution >= 4 is 47.2 Å². The minimum absolute atomic E-state index is 0.0141. The van der Waals surface area contributed by atoms with Gasteiger partial charge in [-0.25, -0.2) is 4.79 Å². The molecule has 7 rings (SSSR count). The van der Waals surface area contributed by atoms with E-state index in [0.717, 1.165) is 38.9 Å². The number of nitrogens with one attached hydrogen (secondary N) is 3. The summed E-state index contributed by atoms with van der Waals surface area (Å²) in [5.74, 6) is -2.45. The molecule has 0 saturated carbocycles. The Kier molecular flexibility index (Phi) is 16.9. The average Bonchev–Trinajstić information content (AvgIpc) is 3.68. The van der Waals surface area contributed by atoms with Crippen LogP contribution in [0.25, 0.3) is 11.1 Å². The van der Waals surface area contributed by atoms with E-state index in [1.165, 1.54) is 17.8 Å². The van der Waals surface area contributed by atoms with Gasteiger partial charge in [0.05, 0.1) is 23.3 Å². The molecule has 6 aromatic rings. The van der Waals surface area contributed by atoms with Gasteiger partial charge in [0.1, 0.15) is 25.3 Å². The lowest BCUT2D eigenvalue weighted by Crippen LogP contribution is -2.58. The maximum absolute atomic E-state index is 14.9. The fourth-order valence-electron chi connectivity index (χ4n) is 8.80. The van der Waals surface area contributed by atoms with Crippen LogP contribution in [0.5, 0.6) is 0 Å². The van der Waals surface area contributed by atoms with Gasteiger partial charge in [0.2, 0.25) is 11.8 Å². The zero-order valence-electron chi connectivity index (χ0n) is 38.1. The van der Waals surface area contributed by atoms with Gasteiger partial charge in [0, 0.05) is 23.1 Å². The Balaban J connectivity index is 1.21. The summed E-state index contributed by atoms with van der Waals surface area (Å²) >= 11 is 7.88. The van der Waals surface area contributed by atoms with Gasteiger partial charge >= 0.3 is 12.1 Å². The quantitative estimate of drug-likeness (QED) is 0.0318. The molecule has 68 heavy (non-hydrogen) atoms. The summed E-state index contributed by atoms with van der Waals surface area (Å²) in [4.78, 5) is 56.3. The summed E-state index contributed by atoms with van der Waals surface area (Å²) in [5.41, 5.74) is 7.72. The van der Waals surface area contributed by atoms with Gasteiger partial charge in [-0.15, -0.1) is 11.8 Å². The number of carbonyl (C=O) groups excluding carboxylic acids is 4. The van der Waals surface area contributed by atoms with Crippen molar-refractivity contribution in [2.75, 3.05) is 19.0 Å². The van der Waals surface area contributed by atoms with E-state index in [4.69, 9.17) is 21.1 Å². The number of amides is 3. The van der Waals surface area contributed by atoms with Gasteiger partial charge in [-0.05, 0) is 62.6 Å². The molecule has 12 heteroatoms. The lowest BCUT2D eigenvalue weighted by molar-refractivity contribution is -0.145. The number of aliphatic hydroxyl groups is 1. The smallest absolute Gasteiger partial charge is 0.407 e. The van der Waals surface area contributed by atoms with Crippen LogP contribution in [0.1, 0.15) is 59.6 Å². The third-order valence-electron chi connectivity index (χ3n) is 12.1. The molecule has 0 fully saturated rings. The molecule has 6 aromatic carbocycles. The van der Waals surface area contributed by atoms with Crippen molar-refractivity contribution < 1.29 is 33.8 Å². The highest BCUT2D eigenvalue weighted by atomic mass is 35.5. The molecule has 2 unspecified atom stereocenters. The zero-order valence-corrected chi connectivity index (χ0v) is 39.6. The second-order valence-electron chi connectivity index (χ2n) is 17.0. The second-order valence-corrected chi connectivity index (χ2v) is 18.7. The SMILES string of the molecule is C=CCOC(=O)C[C@H](O)[C@H](NC(=O)C(CSC(c1ccccc1)(c1ccccc1)c1ccccc1)NC(=O)C(Cc1cccc(Cl)c1)NC(=O)OCC1c2ccccc2-c2ccccc21)C(C)C. The van der Waals surface area contributed by atoms with Crippen LogP contribution in [-0.2, 0) is 35.0 Å². The minimum Gasteiger partial charge on any atom is -0.461 e. The number of alkyl carbamates (subject to hydrolysis) is 1. The van der Waals surface area contributed by atoms with Crippen molar-refractivity contribution in [2.45, 2.75) is 61.6 Å². The maximum atomic E-state index is 14.9. The monoisotopic (exact) mass is 949 g/mol. The summed E-state index contributed by atoms with van der Waals surface area (Å²) in [7, 11) is 0. The van der Waals surface area contributed by atoms with Gasteiger partial charge in [-0.2, -0.15) is 0 Å². The molecule has 0 radical (unpaired) electrons. The van der Waals surface area contributed by atoms with Crippen molar-refractivity contribution in [3.05, 3.63) is 215 Å². The molecule has 10 nitrogen and oxygen atoms in total. The van der Waals surface area contributed by atoms with E-state index in [-0.39, 0.29) is 43.6 Å². The highest BCUT2D eigenvalue weighted by Gasteiger charge is 2.40. The Morgan fingerprint density at radius 1 is 0.691 bits per heavy atom. The van der Waals surface area contributed by atoms with E-state index in [9.17, 15) is 24.3 Å². The number of carbonyl (C=O) groups is 4. The minimum atomic E-state index is -1.32. The van der Waals surface area contributed by atoms with Crippen molar-refractivity contribution in [1.82, 2.24) is 16.0 Å².